The predicted molar refractivity (Wildman–Crippen MR) is 70.5 cm³/mol. The van der Waals surface area contributed by atoms with Crippen LogP contribution in [0.4, 0.5) is 5.69 Å². The lowest BCUT2D eigenvalue weighted by molar-refractivity contribution is -0.385. The third-order valence-corrected chi connectivity index (χ3v) is 3.55. The average molecular weight is 280 g/mol. The van der Waals surface area contributed by atoms with Crippen LogP contribution in [0, 0.1) is 16.0 Å². The van der Waals surface area contributed by atoms with Crippen molar-refractivity contribution in [3.63, 3.8) is 0 Å². The Hall–Kier alpha value is -2.15. The number of benzene rings is 1. The highest BCUT2D eigenvalue weighted by Gasteiger charge is 2.31. The van der Waals surface area contributed by atoms with Crippen LogP contribution >= 0.6 is 0 Å². The summed E-state index contributed by atoms with van der Waals surface area (Å²) in [5.41, 5.74) is -0.454. The van der Waals surface area contributed by atoms with Gasteiger partial charge in [-0.1, -0.05) is 6.92 Å². The third kappa shape index (κ3) is 2.72. The average Bonchev–Trinajstić information content (AvgIpc) is 2.40. The number of phenols is 1. The van der Waals surface area contributed by atoms with Crippen LogP contribution in [0.1, 0.15) is 23.7 Å². The number of piperidine rings is 1. The summed E-state index contributed by atoms with van der Waals surface area (Å²) in [6.07, 6.45) is -0.0160. The molecule has 2 rings (SSSR count). The van der Waals surface area contributed by atoms with Gasteiger partial charge in [-0.25, -0.2) is 0 Å². The molecule has 0 bridgehead atoms. The van der Waals surface area contributed by atoms with Crippen LogP contribution in [0.3, 0.4) is 0 Å². The van der Waals surface area contributed by atoms with Crippen molar-refractivity contribution in [1.82, 2.24) is 4.90 Å². The number of carbonyl (C=O) groups excluding carboxylic acids is 1. The number of amides is 1. The maximum Gasteiger partial charge on any atom is 0.282 e. The summed E-state index contributed by atoms with van der Waals surface area (Å²) < 4.78 is 0. The lowest BCUT2D eigenvalue weighted by Gasteiger charge is -2.34. The van der Waals surface area contributed by atoms with Crippen molar-refractivity contribution in [2.24, 2.45) is 5.92 Å². The second-order valence-electron chi connectivity index (χ2n) is 5.04. The highest BCUT2D eigenvalue weighted by atomic mass is 16.6. The highest BCUT2D eigenvalue weighted by molar-refractivity contribution is 5.98. The zero-order valence-electron chi connectivity index (χ0n) is 11.0. The van der Waals surface area contributed by atoms with Gasteiger partial charge in [-0.2, -0.15) is 0 Å². The van der Waals surface area contributed by atoms with E-state index in [9.17, 15) is 25.1 Å². The summed E-state index contributed by atoms with van der Waals surface area (Å²) in [6.45, 7) is 2.50. The van der Waals surface area contributed by atoms with E-state index in [0.717, 1.165) is 12.1 Å². The lowest BCUT2D eigenvalue weighted by Crippen LogP contribution is -2.45. The van der Waals surface area contributed by atoms with E-state index in [4.69, 9.17) is 0 Å². The number of carbonyl (C=O) groups is 1. The Morgan fingerprint density at radius 2 is 2.20 bits per heavy atom. The van der Waals surface area contributed by atoms with Gasteiger partial charge in [0.25, 0.3) is 11.6 Å². The first-order chi connectivity index (χ1) is 9.40. The van der Waals surface area contributed by atoms with Gasteiger partial charge in [0.15, 0.2) is 0 Å². The second kappa shape index (κ2) is 5.46. The molecule has 2 atom stereocenters. The van der Waals surface area contributed by atoms with Crippen molar-refractivity contribution in [3.8, 4) is 5.75 Å². The van der Waals surface area contributed by atoms with Crippen molar-refractivity contribution < 1.29 is 19.9 Å². The standard InChI is InChI=1S/C13H16N2O5/c1-8-7-14(5-4-12(8)17)13(18)10-6-9(16)2-3-11(10)15(19)20/h2-3,6,8,12,16-17H,4-5,7H2,1H3. The molecule has 7 heteroatoms. The first kappa shape index (κ1) is 14.3. The molecule has 0 spiro atoms. The number of aliphatic hydroxyl groups excluding tert-OH is 1. The fraction of sp³-hybridized carbons (Fsp3) is 0.462. The summed E-state index contributed by atoms with van der Waals surface area (Å²) in [6, 6.07) is 3.40. The van der Waals surface area contributed by atoms with Crippen molar-refractivity contribution in [2.75, 3.05) is 13.1 Å². The number of phenolic OH excluding ortho intramolecular Hbond substituents is 1. The van der Waals surface area contributed by atoms with Crippen LogP contribution in [-0.4, -0.2) is 45.1 Å². The van der Waals surface area contributed by atoms with Crippen LogP contribution in [-0.2, 0) is 0 Å². The number of nitro groups is 1. The number of nitro benzene ring substituents is 1. The van der Waals surface area contributed by atoms with Gasteiger partial charge in [-0.3, -0.25) is 14.9 Å². The van der Waals surface area contributed by atoms with E-state index >= 15 is 0 Å². The molecule has 2 unspecified atom stereocenters. The molecule has 108 valence electrons. The van der Waals surface area contributed by atoms with Gasteiger partial charge < -0.3 is 15.1 Å². The minimum absolute atomic E-state index is 0.0796. The van der Waals surface area contributed by atoms with Crippen molar-refractivity contribution in [3.05, 3.63) is 33.9 Å². The van der Waals surface area contributed by atoms with E-state index in [0.29, 0.717) is 19.5 Å². The Balaban J connectivity index is 2.29. The molecule has 20 heavy (non-hydrogen) atoms. The van der Waals surface area contributed by atoms with Crippen LogP contribution < -0.4 is 0 Å². The van der Waals surface area contributed by atoms with Gasteiger partial charge in [-0.05, 0) is 24.5 Å². The molecule has 1 aliphatic heterocycles. The molecule has 2 N–H and O–H groups in total. The number of aliphatic hydroxyl groups is 1. The molecule has 1 aliphatic rings. The van der Waals surface area contributed by atoms with Crippen molar-refractivity contribution in [2.45, 2.75) is 19.4 Å². The fourth-order valence-electron chi connectivity index (χ4n) is 2.34. The van der Waals surface area contributed by atoms with Crippen molar-refractivity contribution in [1.29, 1.82) is 0 Å². The summed E-state index contributed by atoms with van der Waals surface area (Å²) in [7, 11) is 0. The first-order valence-electron chi connectivity index (χ1n) is 6.35. The highest BCUT2D eigenvalue weighted by Crippen LogP contribution is 2.26. The SMILES string of the molecule is CC1CN(C(=O)c2cc(O)ccc2[N+](=O)[O-])CCC1O. The fourth-order valence-corrected chi connectivity index (χ4v) is 2.34. The van der Waals surface area contributed by atoms with E-state index in [2.05, 4.69) is 0 Å². The van der Waals surface area contributed by atoms with Gasteiger partial charge in [-0.15, -0.1) is 0 Å². The van der Waals surface area contributed by atoms with E-state index < -0.39 is 16.9 Å². The number of nitrogens with zero attached hydrogens (tertiary/aromatic N) is 2. The monoisotopic (exact) mass is 280 g/mol. The van der Waals surface area contributed by atoms with Crippen molar-refractivity contribution >= 4 is 11.6 Å². The van der Waals surface area contributed by atoms with Crippen LogP contribution in [0.25, 0.3) is 0 Å². The van der Waals surface area contributed by atoms with Gasteiger partial charge >= 0.3 is 0 Å². The molecule has 1 aromatic carbocycles. The molecule has 0 radical (unpaired) electrons. The smallest absolute Gasteiger partial charge is 0.282 e. The molecule has 1 aromatic rings. The maximum atomic E-state index is 12.4. The first-order valence-corrected chi connectivity index (χ1v) is 6.35. The minimum atomic E-state index is -0.644. The minimum Gasteiger partial charge on any atom is -0.508 e. The Morgan fingerprint density at radius 3 is 2.80 bits per heavy atom. The molecule has 1 saturated heterocycles. The Labute approximate surface area is 115 Å². The summed E-state index contributed by atoms with van der Waals surface area (Å²) in [5.74, 6) is -0.764. The largest absolute Gasteiger partial charge is 0.508 e. The predicted octanol–water partition coefficient (Wildman–Crippen LogP) is 1.14. The molecule has 7 nitrogen and oxygen atoms in total. The molecule has 1 heterocycles. The van der Waals surface area contributed by atoms with Gasteiger partial charge in [0.1, 0.15) is 11.3 Å². The number of hydrogen-bond acceptors (Lipinski definition) is 5. The van der Waals surface area contributed by atoms with Crippen LogP contribution in [0.2, 0.25) is 0 Å². The quantitative estimate of drug-likeness (QED) is 0.624. The molecule has 0 aliphatic carbocycles. The Bertz CT molecular complexity index is 546. The number of rotatable bonds is 2. The normalized spacial score (nSPS) is 22.6. The topological polar surface area (TPSA) is 104 Å². The second-order valence-corrected chi connectivity index (χ2v) is 5.04. The number of hydrogen-bond donors (Lipinski definition) is 2. The number of aromatic hydroxyl groups is 1. The maximum absolute atomic E-state index is 12.4. The summed E-state index contributed by atoms with van der Waals surface area (Å²) >= 11 is 0. The van der Waals surface area contributed by atoms with Gasteiger partial charge in [0, 0.05) is 19.2 Å². The van der Waals surface area contributed by atoms with Gasteiger partial charge in [0.2, 0.25) is 0 Å². The van der Waals surface area contributed by atoms with E-state index in [1.807, 2.05) is 6.92 Å². The summed E-state index contributed by atoms with van der Waals surface area (Å²) in [4.78, 5) is 24.1. The van der Waals surface area contributed by atoms with E-state index in [1.54, 1.807) is 0 Å². The molecule has 0 saturated carbocycles. The molecule has 1 fully saturated rings. The summed E-state index contributed by atoms with van der Waals surface area (Å²) in [5, 5.41) is 30.0. The molecule has 1 amide bonds. The third-order valence-electron chi connectivity index (χ3n) is 3.55. The van der Waals surface area contributed by atoms with E-state index in [-0.39, 0.29) is 22.9 Å². The molecular weight excluding hydrogens is 264 g/mol. The zero-order chi connectivity index (χ0) is 14.9. The Morgan fingerprint density at radius 1 is 1.50 bits per heavy atom. The Kier molecular flexibility index (Phi) is 3.89. The number of likely N-dealkylation sites (tertiary alicyclic amines) is 1. The van der Waals surface area contributed by atoms with Gasteiger partial charge in [0.05, 0.1) is 11.0 Å². The molecule has 0 aromatic heterocycles. The van der Waals surface area contributed by atoms with E-state index in [1.165, 1.54) is 11.0 Å². The molecular formula is C13H16N2O5. The van der Waals surface area contributed by atoms with Crippen LogP contribution in [0.5, 0.6) is 5.75 Å². The lowest BCUT2D eigenvalue weighted by atomic mass is 9.96. The van der Waals surface area contributed by atoms with Crippen LogP contribution in [0.15, 0.2) is 18.2 Å². The zero-order valence-corrected chi connectivity index (χ0v) is 11.0.